The number of nitrogens with one attached hydrogen (secondary N) is 1. The van der Waals surface area contributed by atoms with E-state index in [-0.39, 0.29) is 11.7 Å². The Hall–Kier alpha value is -2.34. The third-order valence-electron chi connectivity index (χ3n) is 2.69. The van der Waals surface area contributed by atoms with Crippen molar-refractivity contribution < 1.29 is 14.6 Å². The molecule has 0 unspecified atom stereocenters. The summed E-state index contributed by atoms with van der Waals surface area (Å²) in [6, 6.07) is 12.1. The fourth-order valence-corrected chi connectivity index (χ4v) is 2.10. The Morgan fingerprint density at radius 1 is 1.33 bits per heavy atom. The molecule has 2 rings (SSSR count). The third-order valence-corrected chi connectivity index (χ3v) is 3.29. The number of methoxy groups -OCH3 is 1. The molecule has 0 bridgehead atoms. The smallest absolute Gasteiger partial charge is 0.271 e. The van der Waals surface area contributed by atoms with Crippen LogP contribution in [0.15, 0.2) is 52.0 Å². The summed E-state index contributed by atoms with van der Waals surface area (Å²) < 4.78 is 5.52. The molecule has 2 aromatic rings. The Balaban J connectivity index is 2.08. The third kappa shape index (κ3) is 3.82. The van der Waals surface area contributed by atoms with Crippen molar-refractivity contribution in [3.63, 3.8) is 0 Å². The van der Waals surface area contributed by atoms with Crippen LogP contribution in [-0.2, 0) is 0 Å². The maximum atomic E-state index is 11.8. The molecule has 1 amide bonds. The summed E-state index contributed by atoms with van der Waals surface area (Å²) in [4.78, 5) is 11.8. The number of hydrazone groups is 1. The molecule has 0 saturated heterocycles. The van der Waals surface area contributed by atoms with E-state index in [4.69, 9.17) is 4.74 Å². The van der Waals surface area contributed by atoms with Gasteiger partial charge in [0.15, 0.2) is 11.5 Å². The number of hydrogen-bond acceptors (Lipinski definition) is 4. The van der Waals surface area contributed by atoms with E-state index < -0.39 is 0 Å². The standard InChI is InChI=1S/C15H13BrN2O3/c1-21-13-8-10(7-12(16)14(13)19)9-17-18-15(20)11-5-3-2-4-6-11/h2-9,19H,1H3,(H,18,20)/b17-9-. The number of phenols is 1. The zero-order valence-corrected chi connectivity index (χ0v) is 12.8. The Morgan fingerprint density at radius 3 is 2.71 bits per heavy atom. The number of carbonyl (C=O) groups excluding carboxylic acids is 1. The van der Waals surface area contributed by atoms with Gasteiger partial charge in [-0.15, -0.1) is 0 Å². The molecular formula is C15H13BrN2O3. The van der Waals surface area contributed by atoms with E-state index in [9.17, 15) is 9.90 Å². The molecule has 2 aromatic carbocycles. The minimum atomic E-state index is -0.295. The summed E-state index contributed by atoms with van der Waals surface area (Å²) in [5.41, 5.74) is 3.63. The largest absolute Gasteiger partial charge is 0.503 e. The second-order valence-electron chi connectivity index (χ2n) is 4.12. The topological polar surface area (TPSA) is 70.9 Å². The summed E-state index contributed by atoms with van der Waals surface area (Å²) in [5.74, 6) is 0.0415. The highest BCUT2D eigenvalue weighted by atomic mass is 79.9. The van der Waals surface area contributed by atoms with Gasteiger partial charge in [0.1, 0.15) is 0 Å². The lowest BCUT2D eigenvalue weighted by Crippen LogP contribution is -2.17. The Bertz CT molecular complexity index is 672. The first-order valence-corrected chi connectivity index (χ1v) is 6.86. The molecular weight excluding hydrogens is 336 g/mol. The van der Waals surface area contributed by atoms with Crippen LogP contribution in [0.25, 0.3) is 0 Å². The van der Waals surface area contributed by atoms with Crippen LogP contribution in [0.3, 0.4) is 0 Å². The molecule has 21 heavy (non-hydrogen) atoms. The van der Waals surface area contributed by atoms with Crippen molar-refractivity contribution in [1.82, 2.24) is 5.43 Å². The molecule has 0 atom stereocenters. The molecule has 108 valence electrons. The molecule has 0 aromatic heterocycles. The average molecular weight is 349 g/mol. The number of ether oxygens (including phenoxy) is 1. The van der Waals surface area contributed by atoms with E-state index in [1.165, 1.54) is 13.3 Å². The fourth-order valence-electron chi connectivity index (χ4n) is 1.64. The minimum absolute atomic E-state index is 0.0166. The van der Waals surface area contributed by atoms with Gasteiger partial charge in [0.2, 0.25) is 0 Å². The van der Waals surface area contributed by atoms with E-state index in [0.29, 0.717) is 21.3 Å². The van der Waals surface area contributed by atoms with Crippen LogP contribution in [-0.4, -0.2) is 24.3 Å². The molecule has 0 heterocycles. The number of halogens is 1. The van der Waals surface area contributed by atoms with E-state index in [1.54, 1.807) is 36.4 Å². The van der Waals surface area contributed by atoms with Gasteiger partial charge in [-0.1, -0.05) is 18.2 Å². The lowest BCUT2D eigenvalue weighted by Gasteiger charge is -2.06. The monoisotopic (exact) mass is 348 g/mol. The number of aromatic hydroxyl groups is 1. The molecule has 5 nitrogen and oxygen atoms in total. The average Bonchev–Trinajstić information content (AvgIpc) is 2.51. The number of phenolic OH excluding ortho intramolecular Hbond substituents is 1. The van der Waals surface area contributed by atoms with E-state index >= 15 is 0 Å². The highest BCUT2D eigenvalue weighted by Gasteiger charge is 2.07. The molecule has 6 heteroatoms. The van der Waals surface area contributed by atoms with Gasteiger partial charge in [0.25, 0.3) is 5.91 Å². The second kappa shape index (κ2) is 6.90. The van der Waals surface area contributed by atoms with Crippen molar-refractivity contribution in [2.75, 3.05) is 7.11 Å². The summed E-state index contributed by atoms with van der Waals surface area (Å²) in [5, 5.41) is 13.6. The summed E-state index contributed by atoms with van der Waals surface area (Å²) >= 11 is 3.22. The molecule has 0 spiro atoms. The molecule has 0 radical (unpaired) electrons. The van der Waals surface area contributed by atoms with Gasteiger partial charge in [-0.25, -0.2) is 5.43 Å². The van der Waals surface area contributed by atoms with Crippen molar-refractivity contribution in [2.45, 2.75) is 0 Å². The number of carbonyl (C=O) groups is 1. The Labute approximate surface area is 130 Å². The summed E-state index contributed by atoms with van der Waals surface area (Å²) in [6.07, 6.45) is 1.47. The molecule has 0 saturated carbocycles. The van der Waals surface area contributed by atoms with Crippen molar-refractivity contribution in [2.24, 2.45) is 5.10 Å². The summed E-state index contributed by atoms with van der Waals surface area (Å²) in [6.45, 7) is 0. The minimum Gasteiger partial charge on any atom is -0.503 e. The molecule has 2 N–H and O–H groups in total. The zero-order chi connectivity index (χ0) is 15.2. The molecule has 0 aliphatic rings. The maximum absolute atomic E-state index is 11.8. The summed E-state index contributed by atoms with van der Waals surface area (Å²) in [7, 11) is 1.46. The van der Waals surface area contributed by atoms with Crippen LogP contribution < -0.4 is 10.2 Å². The number of nitrogens with zero attached hydrogens (tertiary/aromatic N) is 1. The molecule has 0 fully saturated rings. The first kappa shape index (κ1) is 15.1. The van der Waals surface area contributed by atoms with Gasteiger partial charge in [0.05, 0.1) is 17.8 Å². The maximum Gasteiger partial charge on any atom is 0.271 e. The normalized spacial score (nSPS) is 10.6. The van der Waals surface area contributed by atoms with Gasteiger partial charge in [-0.3, -0.25) is 4.79 Å². The highest BCUT2D eigenvalue weighted by Crippen LogP contribution is 2.34. The Morgan fingerprint density at radius 2 is 2.05 bits per heavy atom. The molecule has 0 aliphatic heterocycles. The first-order chi connectivity index (χ1) is 10.1. The van der Waals surface area contributed by atoms with Crippen molar-refractivity contribution in [3.05, 3.63) is 58.1 Å². The van der Waals surface area contributed by atoms with E-state index in [1.807, 2.05) is 6.07 Å². The van der Waals surface area contributed by atoms with Crippen LogP contribution in [0, 0.1) is 0 Å². The Kier molecular flexibility index (Phi) is 4.94. The van der Waals surface area contributed by atoms with Gasteiger partial charge in [-0.2, -0.15) is 5.10 Å². The second-order valence-corrected chi connectivity index (χ2v) is 4.97. The van der Waals surface area contributed by atoms with Crippen LogP contribution >= 0.6 is 15.9 Å². The van der Waals surface area contributed by atoms with E-state index in [0.717, 1.165) is 0 Å². The van der Waals surface area contributed by atoms with Gasteiger partial charge >= 0.3 is 0 Å². The van der Waals surface area contributed by atoms with Crippen LogP contribution in [0.5, 0.6) is 11.5 Å². The SMILES string of the molecule is COc1cc(/C=N\NC(=O)c2ccccc2)cc(Br)c1O. The van der Waals surface area contributed by atoms with Crippen LogP contribution in [0.4, 0.5) is 0 Å². The fraction of sp³-hybridized carbons (Fsp3) is 0.0667. The van der Waals surface area contributed by atoms with Gasteiger partial charge in [-0.05, 0) is 45.8 Å². The predicted molar refractivity (Wildman–Crippen MR) is 83.9 cm³/mol. The van der Waals surface area contributed by atoms with Crippen LogP contribution in [0.1, 0.15) is 15.9 Å². The first-order valence-electron chi connectivity index (χ1n) is 6.06. The lowest BCUT2D eigenvalue weighted by atomic mass is 10.2. The predicted octanol–water partition coefficient (Wildman–Crippen LogP) is 2.93. The van der Waals surface area contributed by atoms with E-state index in [2.05, 4.69) is 26.5 Å². The van der Waals surface area contributed by atoms with Gasteiger partial charge < -0.3 is 9.84 Å². The number of hydrogen-bond donors (Lipinski definition) is 2. The van der Waals surface area contributed by atoms with Crippen molar-refractivity contribution >= 4 is 28.1 Å². The van der Waals surface area contributed by atoms with Crippen molar-refractivity contribution in [3.8, 4) is 11.5 Å². The van der Waals surface area contributed by atoms with Gasteiger partial charge in [0, 0.05) is 5.56 Å². The number of benzene rings is 2. The van der Waals surface area contributed by atoms with Crippen molar-refractivity contribution in [1.29, 1.82) is 0 Å². The zero-order valence-electron chi connectivity index (χ0n) is 11.2. The van der Waals surface area contributed by atoms with Crippen LogP contribution in [0.2, 0.25) is 0 Å². The lowest BCUT2D eigenvalue weighted by molar-refractivity contribution is 0.0955. The quantitative estimate of drug-likeness (QED) is 0.659. The molecule has 0 aliphatic carbocycles. The number of amides is 1. The number of rotatable bonds is 4. The highest BCUT2D eigenvalue weighted by molar-refractivity contribution is 9.10.